The zero-order chi connectivity index (χ0) is 8.97. The lowest BCUT2D eigenvalue weighted by Gasteiger charge is -1.94. The SMILES string of the molecule is BCc1cc(C(=O)OCC)no1. The highest BCUT2D eigenvalue weighted by molar-refractivity contribution is 6.08. The first-order chi connectivity index (χ1) is 5.77. The average molecular weight is 167 g/mol. The minimum absolute atomic E-state index is 0.244. The molecule has 1 aromatic heterocycles. The van der Waals surface area contributed by atoms with Gasteiger partial charge in [0.25, 0.3) is 0 Å². The first-order valence-electron chi connectivity index (χ1n) is 3.90. The Morgan fingerprint density at radius 2 is 2.58 bits per heavy atom. The minimum atomic E-state index is -0.430. The quantitative estimate of drug-likeness (QED) is 0.469. The largest absolute Gasteiger partial charge is 0.461 e. The fourth-order valence-electron chi connectivity index (χ4n) is 0.781. The van der Waals surface area contributed by atoms with Gasteiger partial charge in [0.15, 0.2) is 5.69 Å². The molecule has 0 radical (unpaired) electrons. The molecule has 0 amide bonds. The molecule has 0 fully saturated rings. The zero-order valence-corrected chi connectivity index (χ0v) is 7.16. The Bertz CT molecular complexity index is 271. The second-order valence-electron chi connectivity index (χ2n) is 2.25. The molecule has 0 saturated carbocycles. The normalized spacial score (nSPS) is 9.75. The van der Waals surface area contributed by atoms with Crippen molar-refractivity contribution < 1.29 is 14.1 Å². The van der Waals surface area contributed by atoms with Crippen molar-refractivity contribution in [3.63, 3.8) is 0 Å². The highest BCUT2D eigenvalue weighted by Gasteiger charge is 2.11. The van der Waals surface area contributed by atoms with E-state index >= 15 is 0 Å². The molecule has 0 spiro atoms. The average Bonchev–Trinajstić information content (AvgIpc) is 2.52. The molecule has 1 aromatic rings. The van der Waals surface area contributed by atoms with Crippen LogP contribution in [-0.4, -0.2) is 25.6 Å². The summed E-state index contributed by atoms with van der Waals surface area (Å²) in [6.07, 6.45) is 0.729. The highest BCUT2D eigenvalue weighted by atomic mass is 16.5. The molecule has 0 aliphatic heterocycles. The van der Waals surface area contributed by atoms with Gasteiger partial charge in [-0.2, -0.15) is 0 Å². The molecule has 0 saturated heterocycles. The number of nitrogens with zero attached hydrogens (tertiary/aromatic N) is 1. The van der Waals surface area contributed by atoms with Gasteiger partial charge in [0.1, 0.15) is 13.6 Å². The van der Waals surface area contributed by atoms with E-state index in [0.29, 0.717) is 12.4 Å². The van der Waals surface area contributed by atoms with E-state index in [1.54, 1.807) is 13.0 Å². The van der Waals surface area contributed by atoms with Crippen LogP contribution in [0.3, 0.4) is 0 Å². The number of esters is 1. The maximum absolute atomic E-state index is 11.0. The maximum atomic E-state index is 11.0. The molecule has 1 rings (SSSR count). The summed E-state index contributed by atoms with van der Waals surface area (Å²) >= 11 is 0. The van der Waals surface area contributed by atoms with Crippen molar-refractivity contribution in [2.45, 2.75) is 13.2 Å². The van der Waals surface area contributed by atoms with Crippen molar-refractivity contribution in [3.8, 4) is 0 Å². The lowest BCUT2D eigenvalue weighted by atomic mass is 10.0. The fourth-order valence-corrected chi connectivity index (χ4v) is 0.781. The monoisotopic (exact) mass is 167 g/mol. The summed E-state index contributed by atoms with van der Waals surface area (Å²) in [6.45, 7) is 2.10. The molecule has 0 atom stereocenters. The lowest BCUT2D eigenvalue weighted by molar-refractivity contribution is 0.0514. The summed E-state index contributed by atoms with van der Waals surface area (Å²) in [5.74, 6) is 0.263. The molecule has 0 bridgehead atoms. The van der Waals surface area contributed by atoms with Gasteiger partial charge in [0.2, 0.25) is 0 Å². The van der Waals surface area contributed by atoms with Crippen molar-refractivity contribution in [2.24, 2.45) is 0 Å². The second-order valence-corrected chi connectivity index (χ2v) is 2.25. The van der Waals surface area contributed by atoms with Crippen LogP contribution in [0.5, 0.6) is 0 Å². The van der Waals surface area contributed by atoms with Crippen molar-refractivity contribution in [1.82, 2.24) is 5.16 Å². The molecule has 4 nitrogen and oxygen atoms in total. The van der Waals surface area contributed by atoms with Crippen LogP contribution in [0, 0.1) is 0 Å². The Hall–Kier alpha value is -1.26. The van der Waals surface area contributed by atoms with Gasteiger partial charge in [0.05, 0.1) is 6.61 Å². The highest BCUT2D eigenvalue weighted by Crippen LogP contribution is 2.04. The molecule has 5 heteroatoms. The maximum Gasteiger partial charge on any atom is 0.360 e. The first-order valence-corrected chi connectivity index (χ1v) is 3.90. The number of rotatable bonds is 3. The standard InChI is InChI=1S/C7H10BNO3/c1-2-11-7(10)6-3-5(4-8)12-9-6/h3H,2,4,8H2,1H3. The van der Waals surface area contributed by atoms with Crippen LogP contribution in [0.25, 0.3) is 0 Å². The summed E-state index contributed by atoms with van der Waals surface area (Å²) in [5.41, 5.74) is 0.244. The van der Waals surface area contributed by atoms with Gasteiger partial charge < -0.3 is 9.26 Å². The minimum Gasteiger partial charge on any atom is -0.461 e. The predicted octanol–water partition coefficient (Wildman–Crippen LogP) is -0.0156. The third-order valence-electron chi connectivity index (χ3n) is 1.39. The van der Waals surface area contributed by atoms with E-state index in [-0.39, 0.29) is 5.69 Å². The van der Waals surface area contributed by atoms with Crippen LogP contribution in [0.2, 0.25) is 0 Å². The van der Waals surface area contributed by atoms with Gasteiger partial charge in [-0.15, -0.1) is 0 Å². The smallest absolute Gasteiger partial charge is 0.360 e. The third kappa shape index (κ3) is 1.87. The summed E-state index contributed by atoms with van der Waals surface area (Å²) in [5, 5.41) is 3.56. The summed E-state index contributed by atoms with van der Waals surface area (Å²) < 4.78 is 9.55. The van der Waals surface area contributed by atoms with Gasteiger partial charge in [-0.3, -0.25) is 0 Å². The van der Waals surface area contributed by atoms with Gasteiger partial charge in [0, 0.05) is 6.07 Å². The van der Waals surface area contributed by atoms with E-state index in [0.717, 1.165) is 6.32 Å². The molecule has 0 aliphatic rings. The first kappa shape index (κ1) is 8.84. The zero-order valence-electron chi connectivity index (χ0n) is 7.16. The molecular weight excluding hydrogens is 157 g/mol. The Labute approximate surface area is 71.3 Å². The fraction of sp³-hybridized carbons (Fsp3) is 0.429. The number of carbonyl (C=O) groups is 1. The molecule has 12 heavy (non-hydrogen) atoms. The van der Waals surface area contributed by atoms with E-state index < -0.39 is 5.97 Å². The van der Waals surface area contributed by atoms with Crippen LogP contribution in [0.1, 0.15) is 23.2 Å². The van der Waals surface area contributed by atoms with Crippen LogP contribution < -0.4 is 0 Å². The van der Waals surface area contributed by atoms with Crippen molar-refractivity contribution in [2.75, 3.05) is 6.61 Å². The molecule has 0 aliphatic carbocycles. The van der Waals surface area contributed by atoms with Crippen LogP contribution >= 0.6 is 0 Å². The summed E-state index contributed by atoms with van der Waals surface area (Å²) in [7, 11) is 1.93. The number of carbonyl (C=O) groups excluding carboxylic acids is 1. The molecule has 1 heterocycles. The van der Waals surface area contributed by atoms with Gasteiger partial charge in [-0.25, -0.2) is 4.79 Å². The molecule has 0 unspecified atom stereocenters. The van der Waals surface area contributed by atoms with Crippen molar-refractivity contribution in [1.29, 1.82) is 0 Å². The van der Waals surface area contributed by atoms with Gasteiger partial charge >= 0.3 is 5.97 Å². The van der Waals surface area contributed by atoms with Crippen molar-refractivity contribution in [3.05, 3.63) is 17.5 Å². The van der Waals surface area contributed by atoms with E-state index in [2.05, 4.69) is 5.16 Å². The predicted molar refractivity (Wildman–Crippen MR) is 44.7 cm³/mol. The Morgan fingerprint density at radius 3 is 3.08 bits per heavy atom. The number of hydrogen-bond acceptors (Lipinski definition) is 4. The number of ether oxygens (including phenoxy) is 1. The van der Waals surface area contributed by atoms with E-state index in [9.17, 15) is 4.79 Å². The third-order valence-corrected chi connectivity index (χ3v) is 1.39. The van der Waals surface area contributed by atoms with E-state index in [1.165, 1.54) is 0 Å². The van der Waals surface area contributed by atoms with Crippen LogP contribution in [-0.2, 0) is 11.1 Å². The number of aromatic nitrogens is 1. The Kier molecular flexibility index (Phi) is 2.91. The second kappa shape index (κ2) is 3.94. The molecule has 64 valence electrons. The van der Waals surface area contributed by atoms with Gasteiger partial charge in [-0.05, 0) is 13.2 Å². The summed E-state index contributed by atoms with van der Waals surface area (Å²) in [6, 6.07) is 1.60. The topological polar surface area (TPSA) is 52.3 Å². The summed E-state index contributed by atoms with van der Waals surface area (Å²) in [4.78, 5) is 11.0. The van der Waals surface area contributed by atoms with Crippen LogP contribution in [0.15, 0.2) is 10.6 Å². The van der Waals surface area contributed by atoms with Crippen LogP contribution in [0.4, 0.5) is 0 Å². The Balaban J connectivity index is 2.68. The van der Waals surface area contributed by atoms with E-state index in [1.807, 2.05) is 7.85 Å². The van der Waals surface area contributed by atoms with E-state index in [4.69, 9.17) is 9.26 Å². The Morgan fingerprint density at radius 1 is 1.83 bits per heavy atom. The lowest BCUT2D eigenvalue weighted by Crippen LogP contribution is -2.04. The molecular formula is C7H10BNO3. The van der Waals surface area contributed by atoms with Crippen molar-refractivity contribution >= 4 is 13.8 Å². The molecule has 0 N–H and O–H groups in total. The molecule has 0 aromatic carbocycles. The van der Waals surface area contributed by atoms with Gasteiger partial charge in [-0.1, -0.05) is 5.16 Å². The number of hydrogen-bond donors (Lipinski definition) is 0.